The first-order valence-electron chi connectivity index (χ1n) is 6.71. The highest BCUT2D eigenvalue weighted by Gasteiger charge is 2.71. The molecule has 5 heteroatoms. The van der Waals surface area contributed by atoms with E-state index in [0.717, 1.165) is 0 Å². The molecule has 1 saturated carbocycles. The van der Waals surface area contributed by atoms with Crippen LogP contribution < -0.4 is 0 Å². The summed E-state index contributed by atoms with van der Waals surface area (Å²) in [6.07, 6.45) is 0.242. The summed E-state index contributed by atoms with van der Waals surface area (Å²) in [7, 11) is 1.35. The van der Waals surface area contributed by atoms with Gasteiger partial charge in [-0.25, -0.2) is 9.59 Å². The minimum absolute atomic E-state index is 0.0236. The lowest BCUT2D eigenvalue weighted by Crippen LogP contribution is -2.46. The van der Waals surface area contributed by atoms with Gasteiger partial charge in [-0.2, -0.15) is 0 Å². The molecule has 0 N–H and O–H groups in total. The van der Waals surface area contributed by atoms with Gasteiger partial charge in [-0.3, -0.25) is 4.90 Å². The predicted octanol–water partition coefficient (Wildman–Crippen LogP) is 2.19. The minimum atomic E-state index is -0.561. The topological polar surface area (TPSA) is 55.8 Å². The third-order valence-electron chi connectivity index (χ3n) is 4.43. The molecule has 0 spiro atoms. The normalized spacial score (nSPS) is 36.7. The SMILES string of the molecule is COC(=O)[C@@H]1C[C@@]2(C)[C@@H](C)[C@H]2N1C(=O)OC(C)(C)C. The van der Waals surface area contributed by atoms with Crippen molar-refractivity contribution in [3.8, 4) is 0 Å². The zero-order chi connectivity index (χ0) is 14.6. The molecule has 1 aliphatic heterocycles. The molecule has 1 saturated heterocycles. The monoisotopic (exact) mass is 269 g/mol. The van der Waals surface area contributed by atoms with Gasteiger partial charge in [-0.15, -0.1) is 0 Å². The summed E-state index contributed by atoms with van der Waals surface area (Å²) >= 11 is 0. The molecule has 5 nitrogen and oxygen atoms in total. The Morgan fingerprint density at radius 3 is 2.37 bits per heavy atom. The van der Waals surface area contributed by atoms with Gasteiger partial charge in [0.15, 0.2) is 0 Å². The Hall–Kier alpha value is -1.26. The van der Waals surface area contributed by atoms with Crippen LogP contribution in [0.15, 0.2) is 0 Å². The number of nitrogens with zero attached hydrogens (tertiary/aromatic N) is 1. The van der Waals surface area contributed by atoms with E-state index in [0.29, 0.717) is 12.3 Å². The summed E-state index contributed by atoms with van der Waals surface area (Å²) in [6, 6.07) is -0.419. The Bertz CT molecular complexity index is 414. The number of carbonyl (C=O) groups excluding carboxylic acids is 2. The fraction of sp³-hybridized carbons (Fsp3) is 0.857. The molecule has 4 atom stereocenters. The van der Waals surface area contributed by atoms with Gasteiger partial charge < -0.3 is 9.47 Å². The zero-order valence-electron chi connectivity index (χ0n) is 12.5. The minimum Gasteiger partial charge on any atom is -0.467 e. The van der Waals surface area contributed by atoms with E-state index in [1.807, 2.05) is 20.8 Å². The number of amides is 1. The number of ether oxygens (including phenoxy) is 2. The highest BCUT2D eigenvalue weighted by Crippen LogP contribution is 2.64. The highest BCUT2D eigenvalue weighted by atomic mass is 16.6. The Kier molecular flexibility index (Phi) is 3.07. The van der Waals surface area contributed by atoms with Gasteiger partial charge in [0.25, 0.3) is 0 Å². The largest absolute Gasteiger partial charge is 0.467 e. The second kappa shape index (κ2) is 4.12. The van der Waals surface area contributed by atoms with Gasteiger partial charge in [-0.05, 0) is 38.5 Å². The van der Waals surface area contributed by atoms with Gasteiger partial charge >= 0.3 is 12.1 Å². The van der Waals surface area contributed by atoms with Crippen LogP contribution in [-0.2, 0) is 14.3 Å². The maximum Gasteiger partial charge on any atom is 0.411 e. The van der Waals surface area contributed by atoms with Gasteiger partial charge in [0.05, 0.1) is 7.11 Å². The van der Waals surface area contributed by atoms with Crippen LogP contribution in [0.2, 0.25) is 0 Å². The van der Waals surface area contributed by atoms with Crippen molar-refractivity contribution >= 4 is 12.1 Å². The van der Waals surface area contributed by atoms with Crippen LogP contribution in [0.4, 0.5) is 4.79 Å². The summed E-state index contributed by atoms with van der Waals surface area (Å²) < 4.78 is 10.2. The van der Waals surface area contributed by atoms with E-state index in [1.165, 1.54) is 7.11 Å². The number of methoxy groups -OCH3 is 1. The van der Waals surface area contributed by atoms with Crippen LogP contribution >= 0.6 is 0 Å². The lowest BCUT2D eigenvalue weighted by molar-refractivity contribution is -0.146. The Balaban J connectivity index is 2.19. The maximum atomic E-state index is 12.3. The van der Waals surface area contributed by atoms with Crippen molar-refractivity contribution in [3.63, 3.8) is 0 Å². The number of fused-ring (bicyclic) bond motifs is 1. The second-order valence-corrected chi connectivity index (χ2v) is 6.87. The molecule has 1 aliphatic carbocycles. The first-order chi connectivity index (χ1) is 8.62. The van der Waals surface area contributed by atoms with Crippen molar-refractivity contribution in [2.75, 3.05) is 7.11 Å². The zero-order valence-corrected chi connectivity index (χ0v) is 12.5. The standard InChI is InChI=1S/C14H23NO4/c1-8-10-14(8,5)7-9(11(16)18-6)15(10)12(17)19-13(2,3)4/h8-10H,7H2,1-6H3/t8-,9-,10+,14-/m0/s1. The average molecular weight is 269 g/mol. The fourth-order valence-corrected chi connectivity index (χ4v) is 3.23. The number of hydrogen-bond donors (Lipinski definition) is 0. The molecule has 1 amide bonds. The molecule has 19 heavy (non-hydrogen) atoms. The van der Waals surface area contributed by atoms with Crippen molar-refractivity contribution in [1.29, 1.82) is 0 Å². The second-order valence-electron chi connectivity index (χ2n) is 6.87. The smallest absolute Gasteiger partial charge is 0.411 e. The van der Waals surface area contributed by atoms with Crippen molar-refractivity contribution < 1.29 is 19.1 Å². The average Bonchev–Trinajstić information content (AvgIpc) is 2.68. The number of likely N-dealkylation sites (tertiary alicyclic amines) is 1. The first kappa shape index (κ1) is 14.2. The molecule has 0 radical (unpaired) electrons. The van der Waals surface area contributed by atoms with Crippen LogP contribution in [-0.4, -0.2) is 41.8 Å². The third-order valence-corrected chi connectivity index (χ3v) is 4.43. The van der Waals surface area contributed by atoms with E-state index >= 15 is 0 Å². The van der Waals surface area contributed by atoms with Crippen LogP contribution in [0.25, 0.3) is 0 Å². The Morgan fingerprint density at radius 1 is 1.32 bits per heavy atom. The van der Waals surface area contributed by atoms with Crippen LogP contribution in [0.5, 0.6) is 0 Å². The van der Waals surface area contributed by atoms with E-state index in [-0.39, 0.29) is 17.4 Å². The first-order valence-corrected chi connectivity index (χ1v) is 6.71. The highest BCUT2D eigenvalue weighted by molar-refractivity contribution is 5.83. The molecule has 2 rings (SSSR count). The number of piperidine rings is 1. The van der Waals surface area contributed by atoms with E-state index in [4.69, 9.17) is 9.47 Å². The molecular formula is C14H23NO4. The lowest BCUT2D eigenvalue weighted by Gasteiger charge is -2.29. The van der Waals surface area contributed by atoms with E-state index < -0.39 is 17.7 Å². The van der Waals surface area contributed by atoms with Crippen LogP contribution in [0, 0.1) is 11.3 Å². The van der Waals surface area contributed by atoms with E-state index in [1.54, 1.807) is 4.90 Å². The van der Waals surface area contributed by atoms with Crippen molar-refractivity contribution in [2.45, 2.75) is 58.7 Å². The molecule has 1 heterocycles. The lowest BCUT2D eigenvalue weighted by atomic mass is 9.99. The van der Waals surface area contributed by atoms with Gasteiger partial charge in [-0.1, -0.05) is 13.8 Å². The summed E-state index contributed by atoms with van der Waals surface area (Å²) in [5.74, 6) is 0.0485. The fourth-order valence-electron chi connectivity index (χ4n) is 3.23. The molecule has 0 aromatic carbocycles. The number of carbonyl (C=O) groups is 2. The van der Waals surface area contributed by atoms with E-state index in [9.17, 15) is 9.59 Å². The van der Waals surface area contributed by atoms with Crippen LogP contribution in [0.3, 0.4) is 0 Å². The Morgan fingerprint density at radius 2 is 1.89 bits per heavy atom. The van der Waals surface area contributed by atoms with Crippen LogP contribution in [0.1, 0.15) is 41.0 Å². The molecule has 0 aromatic heterocycles. The van der Waals surface area contributed by atoms with Crippen molar-refractivity contribution in [2.24, 2.45) is 11.3 Å². The van der Waals surface area contributed by atoms with Gasteiger partial charge in [0, 0.05) is 6.04 Å². The summed E-state index contributed by atoms with van der Waals surface area (Å²) in [6.45, 7) is 9.69. The third kappa shape index (κ3) is 2.19. The number of esters is 1. The summed E-state index contributed by atoms with van der Waals surface area (Å²) in [5.41, 5.74) is -0.537. The Labute approximate surface area is 114 Å². The summed E-state index contributed by atoms with van der Waals surface area (Å²) in [4.78, 5) is 25.7. The van der Waals surface area contributed by atoms with Crippen molar-refractivity contribution in [1.82, 2.24) is 4.90 Å². The molecule has 0 aromatic rings. The molecule has 0 bridgehead atoms. The predicted molar refractivity (Wildman–Crippen MR) is 69.6 cm³/mol. The molecule has 0 unspecified atom stereocenters. The van der Waals surface area contributed by atoms with E-state index in [2.05, 4.69) is 13.8 Å². The maximum absolute atomic E-state index is 12.3. The molecule has 2 aliphatic rings. The molecule has 108 valence electrons. The van der Waals surface area contributed by atoms with Crippen molar-refractivity contribution in [3.05, 3.63) is 0 Å². The molecular weight excluding hydrogens is 246 g/mol. The quantitative estimate of drug-likeness (QED) is 0.685. The van der Waals surface area contributed by atoms with Gasteiger partial charge in [0.1, 0.15) is 11.6 Å². The number of hydrogen-bond acceptors (Lipinski definition) is 4. The summed E-state index contributed by atoms with van der Waals surface area (Å²) in [5, 5.41) is 0. The molecule has 2 fully saturated rings. The van der Waals surface area contributed by atoms with Gasteiger partial charge in [0.2, 0.25) is 0 Å². The number of rotatable bonds is 1.